The molecule has 0 amide bonds. The van der Waals surface area contributed by atoms with Crippen molar-refractivity contribution in [3.63, 3.8) is 0 Å². The van der Waals surface area contributed by atoms with Crippen molar-refractivity contribution in [2.75, 3.05) is 5.73 Å². The summed E-state index contributed by atoms with van der Waals surface area (Å²) in [5.41, 5.74) is 6.01. The van der Waals surface area contributed by atoms with Crippen LogP contribution in [0.15, 0.2) is 12.3 Å². The molecule has 1 aromatic heterocycles. The van der Waals surface area contributed by atoms with Crippen LogP contribution >= 0.6 is 11.6 Å². The van der Waals surface area contributed by atoms with Gasteiger partial charge in [0, 0.05) is 0 Å². The largest absolute Gasteiger partial charge is 0.396 e. The number of nitrogens with two attached hydrogens (primary N) is 1. The summed E-state index contributed by atoms with van der Waals surface area (Å²) in [5, 5.41) is 0.358. The fourth-order valence-corrected chi connectivity index (χ4v) is 0.681. The van der Waals surface area contributed by atoms with Crippen molar-refractivity contribution in [3.8, 4) is 0 Å². The Balaban J connectivity index is 3.16. The first kappa shape index (κ1) is 7.02. The van der Waals surface area contributed by atoms with Crippen molar-refractivity contribution < 1.29 is 4.79 Å². The average molecular weight is 157 g/mol. The molecule has 0 saturated heterocycles. The Morgan fingerprint density at radius 1 is 1.70 bits per heavy atom. The van der Waals surface area contributed by atoms with Crippen LogP contribution in [-0.2, 0) is 0 Å². The van der Waals surface area contributed by atoms with E-state index in [2.05, 4.69) is 4.98 Å². The molecular weight excluding hydrogens is 152 g/mol. The van der Waals surface area contributed by atoms with Crippen molar-refractivity contribution in [1.29, 1.82) is 0 Å². The molecule has 3 nitrogen and oxygen atoms in total. The number of nitrogens with zero attached hydrogens (tertiary/aromatic N) is 1. The summed E-state index contributed by atoms with van der Waals surface area (Å²) in [6.07, 6.45) is 1.97. The van der Waals surface area contributed by atoms with E-state index in [0.29, 0.717) is 22.7 Å². The molecule has 10 heavy (non-hydrogen) atoms. The Labute approximate surface area is 62.8 Å². The molecule has 1 rings (SSSR count). The Kier molecular flexibility index (Phi) is 1.87. The van der Waals surface area contributed by atoms with Gasteiger partial charge < -0.3 is 5.73 Å². The molecule has 0 radical (unpaired) electrons. The minimum atomic E-state index is 0.291. The second-order valence-corrected chi connectivity index (χ2v) is 2.16. The van der Waals surface area contributed by atoms with E-state index in [1.54, 1.807) is 0 Å². The number of aromatic nitrogens is 1. The first-order valence-electron chi connectivity index (χ1n) is 2.60. The zero-order valence-electron chi connectivity index (χ0n) is 5.04. The summed E-state index contributed by atoms with van der Waals surface area (Å²) >= 11 is 5.57. The molecular formula is C6H5ClN2O. The van der Waals surface area contributed by atoms with Crippen LogP contribution in [0.3, 0.4) is 0 Å². The molecule has 1 heterocycles. The zero-order valence-corrected chi connectivity index (χ0v) is 5.80. The van der Waals surface area contributed by atoms with Gasteiger partial charge in [-0.3, -0.25) is 9.78 Å². The van der Waals surface area contributed by atoms with Gasteiger partial charge in [0.2, 0.25) is 0 Å². The summed E-state index contributed by atoms with van der Waals surface area (Å²) < 4.78 is 0. The minimum Gasteiger partial charge on any atom is -0.396 e. The van der Waals surface area contributed by atoms with E-state index >= 15 is 0 Å². The second kappa shape index (κ2) is 2.66. The van der Waals surface area contributed by atoms with Crippen molar-refractivity contribution in [1.82, 2.24) is 4.98 Å². The monoisotopic (exact) mass is 156 g/mol. The highest BCUT2D eigenvalue weighted by atomic mass is 35.5. The topological polar surface area (TPSA) is 56.0 Å². The molecule has 4 heteroatoms. The van der Waals surface area contributed by atoms with Gasteiger partial charge in [0.15, 0.2) is 6.29 Å². The van der Waals surface area contributed by atoms with Crippen molar-refractivity contribution >= 4 is 23.6 Å². The normalized spacial score (nSPS) is 9.30. The number of carbonyl (C=O) groups is 1. The van der Waals surface area contributed by atoms with Crippen molar-refractivity contribution in [2.24, 2.45) is 0 Å². The van der Waals surface area contributed by atoms with Crippen LogP contribution in [0.5, 0.6) is 0 Å². The molecule has 1 aromatic rings. The molecule has 0 aliphatic heterocycles. The Morgan fingerprint density at radius 2 is 2.40 bits per heavy atom. The number of anilines is 1. The number of carbonyl (C=O) groups excluding carboxylic acids is 1. The summed E-state index contributed by atoms with van der Waals surface area (Å²) in [6.45, 7) is 0. The van der Waals surface area contributed by atoms with Crippen LogP contribution in [0.1, 0.15) is 10.5 Å². The quantitative estimate of drug-likeness (QED) is 0.621. The third-order valence-electron chi connectivity index (χ3n) is 1.02. The van der Waals surface area contributed by atoms with E-state index in [1.807, 2.05) is 0 Å². The van der Waals surface area contributed by atoms with Crippen LogP contribution in [0.2, 0.25) is 5.02 Å². The van der Waals surface area contributed by atoms with Crippen LogP contribution < -0.4 is 5.73 Å². The summed E-state index contributed by atoms with van der Waals surface area (Å²) in [4.78, 5) is 13.8. The summed E-state index contributed by atoms with van der Waals surface area (Å²) in [7, 11) is 0. The lowest BCUT2D eigenvalue weighted by Crippen LogP contribution is -1.91. The maximum absolute atomic E-state index is 10.1. The first-order valence-corrected chi connectivity index (χ1v) is 2.98. The van der Waals surface area contributed by atoms with Gasteiger partial charge in [-0.05, 0) is 6.07 Å². The molecule has 2 N–H and O–H groups in total. The molecule has 0 aliphatic rings. The second-order valence-electron chi connectivity index (χ2n) is 1.75. The van der Waals surface area contributed by atoms with Gasteiger partial charge in [-0.2, -0.15) is 0 Å². The number of aldehydes is 1. The minimum absolute atomic E-state index is 0.291. The van der Waals surface area contributed by atoms with Gasteiger partial charge in [0.25, 0.3) is 0 Å². The summed E-state index contributed by atoms with van der Waals surface area (Å²) in [6, 6.07) is 1.42. The van der Waals surface area contributed by atoms with Crippen LogP contribution in [0, 0.1) is 0 Å². The van der Waals surface area contributed by atoms with Crippen LogP contribution in [0.25, 0.3) is 0 Å². The van der Waals surface area contributed by atoms with E-state index in [4.69, 9.17) is 17.3 Å². The van der Waals surface area contributed by atoms with E-state index < -0.39 is 0 Å². The van der Waals surface area contributed by atoms with Crippen molar-refractivity contribution in [3.05, 3.63) is 23.0 Å². The predicted molar refractivity (Wildman–Crippen MR) is 39.0 cm³/mol. The predicted octanol–water partition coefficient (Wildman–Crippen LogP) is 1.13. The number of hydrogen-bond acceptors (Lipinski definition) is 3. The number of hydrogen-bond donors (Lipinski definition) is 1. The van der Waals surface area contributed by atoms with E-state index in [1.165, 1.54) is 12.3 Å². The Bertz CT molecular complexity index is 262. The van der Waals surface area contributed by atoms with Gasteiger partial charge in [0.1, 0.15) is 5.69 Å². The first-order chi connectivity index (χ1) is 4.74. The van der Waals surface area contributed by atoms with Crippen LogP contribution in [-0.4, -0.2) is 11.3 Å². The smallest absolute Gasteiger partial charge is 0.168 e. The highest BCUT2D eigenvalue weighted by Gasteiger charge is 1.96. The highest BCUT2D eigenvalue weighted by Crippen LogP contribution is 2.16. The molecule has 0 unspecified atom stereocenters. The lowest BCUT2D eigenvalue weighted by molar-refractivity contribution is 0.111. The van der Waals surface area contributed by atoms with Gasteiger partial charge in [-0.1, -0.05) is 11.6 Å². The molecule has 0 aliphatic carbocycles. The Morgan fingerprint density at radius 3 is 2.90 bits per heavy atom. The molecule has 52 valence electrons. The average Bonchev–Trinajstić information content (AvgIpc) is 1.95. The van der Waals surface area contributed by atoms with Gasteiger partial charge in [-0.15, -0.1) is 0 Å². The third kappa shape index (κ3) is 1.25. The molecule has 0 fully saturated rings. The van der Waals surface area contributed by atoms with Crippen molar-refractivity contribution in [2.45, 2.75) is 0 Å². The fraction of sp³-hybridized carbons (Fsp3) is 0. The lowest BCUT2D eigenvalue weighted by Gasteiger charge is -1.94. The van der Waals surface area contributed by atoms with E-state index in [0.717, 1.165) is 0 Å². The molecule has 0 aromatic carbocycles. The lowest BCUT2D eigenvalue weighted by atomic mass is 10.3. The zero-order chi connectivity index (χ0) is 7.56. The maximum atomic E-state index is 10.1. The third-order valence-corrected chi connectivity index (χ3v) is 1.35. The molecule has 0 atom stereocenters. The van der Waals surface area contributed by atoms with E-state index in [-0.39, 0.29) is 0 Å². The molecule has 0 saturated carbocycles. The van der Waals surface area contributed by atoms with Gasteiger partial charge in [0.05, 0.1) is 16.9 Å². The van der Waals surface area contributed by atoms with E-state index in [9.17, 15) is 4.79 Å². The Hall–Kier alpha value is -1.09. The molecule has 0 bridgehead atoms. The van der Waals surface area contributed by atoms with Gasteiger partial charge in [-0.25, -0.2) is 0 Å². The fourth-order valence-electron chi connectivity index (χ4n) is 0.521. The number of rotatable bonds is 1. The number of halogens is 1. The molecule has 0 spiro atoms. The number of pyridine rings is 1. The standard InChI is InChI=1S/C6H5ClN2O/c7-5-1-4(3-10)9-2-6(5)8/h1-3H,8H2. The maximum Gasteiger partial charge on any atom is 0.168 e. The highest BCUT2D eigenvalue weighted by molar-refractivity contribution is 6.33. The summed E-state index contributed by atoms with van der Waals surface area (Å²) in [5.74, 6) is 0. The number of nitrogen functional groups attached to an aromatic ring is 1. The van der Waals surface area contributed by atoms with Crippen LogP contribution in [0.4, 0.5) is 5.69 Å². The SMILES string of the molecule is Nc1cnc(C=O)cc1Cl. The van der Waals surface area contributed by atoms with Gasteiger partial charge >= 0.3 is 0 Å².